The second kappa shape index (κ2) is 7.36. The average Bonchev–Trinajstić information content (AvgIpc) is 2.59. The molecule has 24 heavy (non-hydrogen) atoms. The van der Waals surface area contributed by atoms with Crippen molar-refractivity contribution in [2.24, 2.45) is 5.41 Å². The van der Waals surface area contributed by atoms with E-state index in [2.05, 4.69) is 40.7 Å². The molecular weight excluding hydrogens is 300 g/mol. The molecule has 0 amide bonds. The average molecular weight is 332 g/mol. The molecule has 0 N–H and O–H groups in total. The summed E-state index contributed by atoms with van der Waals surface area (Å²) in [6.45, 7) is 10.6. The Kier molecular flexibility index (Phi) is 5.40. The maximum absolute atomic E-state index is 6.26. The lowest BCUT2D eigenvalue weighted by molar-refractivity contribution is -0.0821. The number of likely N-dealkylation sites (N-methyl/N-ethyl adjacent to an activating group) is 1. The normalized spacial score (nSPS) is 24.1. The first kappa shape index (κ1) is 17.6. The second-order valence-corrected chi connectivity index (χ2v) is 8.05. The SMILES string of the molecule is Cc1cnc(N2CCC3(CCC(CN(C)C(C)C)OC3)CC2)nc1. The zero-order chi connectivity index (χ0) is 17.2. The fourth-order valence-electron chi connectivity index (χ4n) is 3.72. The van der Waals surface area contributed by atoms with Crippen molar-refractivity contribution in [1.29, 1.82) is 0 Å². The predicted octanol–water partition coefficient (Wildman–Crippen LogP) is 2.89. The van der Waals surface area contributed by atoms with Gasteiger partial charge in [0.15, 0.2) is 0 Å². The summed E-state index contributed by atoms with van der Waals surface area (Å²) in [6.07, 6.45) is 9.10. The van der Waals surface area contributed by atoms with Gasteiger partial charge >= 0.3 is 0 Å². The van der Waals surface area contributed by atoms with Crippen molar-refractivity contribution < 1.29 is 4.74 Å². The van der Waals surface area contributed by atoms with E-state index < -0.39 is 0 Å². The van der Waals surface area contributed by atoms with Crippen molar-refractivity contribution in [2.75, 3.05) is 38.2 Å². The number of nitrogens with zero attached hydrogens (tertiary/aromatic N) is 4. The summed E-state index contributed by atoms with van der Waals surface area (Å²) in [4.78, 5) is 13.7. The molecule has 5 heteroatoms. The Morgan fingerprint density at radius 2 is 1.92 bits per heavy atom. The molecule has 0 aliphatic carbocycles. The van der Waals surface area contributed by atoms with E-state index >= 15 is 0 Å². The molecule has 2 aliphatic heterocycles. The summed E-state index contributed by atoms with van der Waals surface area (Å²) >= 11 is 0. The number of aryl methyl sites for hydroxylation is 1. The van der Waals surface area contributed by atoms with Crippen molar-refractivity contribution in [2.45, 2.75) is 58.6 Å². The van der Waals surface area contributed by atoms with Crippen LogP contribution in [0.25, 0.3) is 0 Å². The standard InChI is InChI=1S/C19H32N4O/c1-15(2)22(4)13-17-5-6-19(14-24-17)7-9-23(10-8-19)18-20-11-16(3)12-21-18/h11-12,15,17H,5-10,13-14H2,1-4H3. The summed E-state index contributed by atoms with van der Waals surface area (Å²) in [7, 11) is 2.19. The highest BCUT2D eigenvalue weighted by atomic mass is 16.5. The molecule has 1 aromatic heterocycles. The van der Waals surface area contributed by atoms with E-state index in [1.165, 1.54) is 25.7 Å². The molecule has 5 nitrogen and oxygen atoms in total. The maximum atomic E-state index is 6.26. The van der Waals surface area contributed by atoms with Crippen LogP contribution >= 0.6 is 0 Å². The first-order chi connectivity index (χ1) is 11.5. The van der Waals surface area contributed by atoms with Crippen molar-refractivity contribution in [1.82, 2.24) is 14.9 Å². The molecule has 0 saturated carbocycles. The zero-order valence-corrected chi connectivity index (χ0v) is 15.7. The zero-order valence-electron chi connectivity index (χ0n) is 15.7. The van der Waals surface area contributed by atoms with E-state index in [4.69, 9.17) is 4.74 Å². The van der Waals surface area contributed by atoms with E-state index in [1.54, 1.807) is 0 Å². The Hall–Kier alpha value is -1.20. The second-order valence-electron chi connectivity index (χ2n) is 8.05. The van der Waals surface area contributed by atoms with Gasteiger partial charge in [0.2, 0.25) is 5.95 Å². The van der Waals surface area contributed by atoms with E-state index in [1.807, 2.05) is 19.3 Å². The Balaban J connectivity index is 1.49. The first-order valence-corrected chi connectivity index (χ1v) is 9.33. The largest absolute Gasteiger partial charge is 0.376 e. The molecule has 134 valence electrons. The van der Waals surface area contributed by atoms with Crippen LogP contribution in [0.1, 0.15) is 45.1 Å². The molecule has 2 aliphatic rings. The fourth-order valence-corrected chi connectivity index (χ4v) is 3.72. The minimum Gasteiger partial charge on any atom is -0.376 e. The van der Waals surface area contributed by atoms with Gasteiger partial charge in [-0.3, -0.25) is 0 Å². The van der Waals surface area contributed by atoms with Gasteiger partial charge in [0.1, 0.15) is 0 Å². The van der Waals surface area contributed by atoms with Gasteiger partial charge < -0.3 is 14.5 Å². The van der Waals surface area contributed by atoms with Crippen LogP contribution in [0.3, 0.4) is 0 Å². The highest BCUT2D eigenvalue weighted by Crippen LogP contribution is 2.41. The van der Waals surface area contributed by atoms with Crippen LogP contribution in [0.15, 0.2) is 12.4 Å². The van der Waals surface area contributed by atoms with E-state index in [0.717, 1.165) is 37.8 Å². The summed E-state index contributed by atoms with van der Waals surface area (Å²) in [5.41, 5.74) is 1.50. The molecule has 0 aromatic carbocycles. The Morgan fingerprint density at radius 1 is 1.25 bits per heavy atom. The van der Waals surface area contributed by atoms with Gasteiger partial charge in [-0.25, -0.2) is 9.97 Å². The molecule has 1 unspecified atom stereocenters. The van der Waals surface area contributed by atoms with Crippen LogP contribution in [0, 0.1) is 12.3 Å². The van der Waals surface area contributed by atoms with Gasteiger partial charge in [-0.2, -0.15) is 0 Å². The summed E-state index contributed by atoms with van der Waals surface area (Å²) < 4.78 is 6.26. The van der Waals surface area contributed by atoms with Crippen LogP contribution in [0.2, 0.25) is 0 Å². The lowest BCUT2D eigenvalue weighted by atomic mass is 9.73. The molecule has 3 heterocycles. The van der Waals surface area contributed by atoms with E-state index in [9.17, 15) is 0 Å². The minimum absolute atomic E-state index is 0.383. The molecule has 3 rings (SSSR count). The van der Waals surface area contributed by atoms with Gasteiger partial charge in [-0.15, -0.1) is 0 Å². The minimum atomic E-state index is 0.383. The quantitative estimate of drug-likeness (QED) is 0.848. The first-order valence-electron chi connectivity index (χ1n) is 9.33. The summed E-state index contributed by atoms with van der Waals surface area (Å²) in [5, 5.41) is 0. The van der Waals surface area contributed by atoms with Crippen molar-refractivity contribution in [3.63, 3.8) is 0 Å². The monoisotopic (exact) mass is 332 g/mol. The van der Waals surface area contributed by atoms with Crippen LogP contribution in [0.4, 0.5) is 5.95 Å². The molecule has 2 fully saturated rings. The van der Waals surface area contributed by atoms with Gasteiger partial charge in [0, 0.05) is 38.1 Å². The third kappa shape index (κ3) is 4.06. The molecule has 0 bridgehead atoms. The van der Waals surface area contributed by atoms with Crippen LogP contribution in [-0.2, 0) is 4.74 Å². The highest BCUT2D eigenvalue weighted by molar-refractivity contribution is 5.30. The third-order valence-corrected chi connectivity index (χ3v) is 5.87. The van der Waals surface area contributed by atoms with Crippen LogP contribution < -0.4 is 4.90 Å². The number of hydrogen-bond acceptors (Lipinski definition) is 5. The lowest BCUT2D eigenvalue weighted by Gasteiger charge is -2.46. The third-order valence-electron chi connectivity index (χ3n) is 5.87. The number of piperidine rings is 1. The fraction of sp³-hybridized carbons (Fsp3) is 0.789. The van der Waals surface area contributed by atoms with Gasteiger partial charge in [-0.1, -0.05) is 0 Å². The lowest BCUT2D eigenvalue weighted by Crippen LogP contribution is -2.48. The van der Waals surface area contributed by atoms with Crippen molar-refractivity contribution in [3.05, 3.63) is 18.0 Å². The van der Waals surface area contributed by atoms with Gasteiger partial charge in [0.25, 0.3) is 0 Å². The molecule has 1 atom stereocenters. The van der Waals surface area contributed by atoms with E-state index in [0.29, 0.717) is 17.6 Å². The Morgan fingerprint density at radius 3 is 2.46 bits per heavy atom. The highest BCUT2D eigenvalue weighted by Gasteiger charge is 2.39. The molecular formula is C19H32N4O. The summed E-state index contributed by atoms with van der Waals surface area (Å²) in [5.74, 6) is 0.878. The maximum Gasteiger partial charge on any atom is 0.225 e. The van der Waals surface area contributed by atoms with E-state index in [-0.39, 0.29) is 0 Å². The van der Waals surface area contributed by atoms with Crippen molar-refractivity contribution >= 4 is 5.95 Å². The molecule has 1 aromatic rings. The Labute approximate surface area is 146 Å². The predicted molar refractivity (Wildman–Crippen MR) is 97.4 cm³/mol. The van der Waals surface area contributed by atoms with Gasteiger partial charge in [0.05, 0.1) is 12.7 Å². The topological polar surface area (TPSA) is 41.5 Å². The molecule has 2 saturated heterocycles. The summed E-state index contributed by atoms with van der Waals surface area (Å²) in [6, 6.07) is 0.585. The van der Waals surface area contributed by atoms with Crippen molar-refractivity contribution in [3.8, 4) is 0 Å². The number of ether oxygens (including phenoxy) is 1. The molecule has 1 spiro atoms. The van der Waals surface area contributed by atoms with Gasteiger partial charge in [-0.05, 0) is 64.5 Å². The number of aromatic nitrogens is 2. The number of rotatable bonds is 4. The number of hydrogen-bond donors (Lipinski definition) is 0. The Bertz CT molecular complexity index is 513. The van der Waals surface area contributed by atoms with Crippen LogP contribution in [-0.4, -0.2) is 60.3 Å². The van der Waals surface area contributed by atoms with Crippen LogP contribution in [0.5, 0.6) is 0 Å². The smallest absolute Gasteiger partial charge is 0.225 e. The number of anilines is 1. The molecule has 0 radical (unpaired) electrons.